The number of carbonyl (C=O) groups is 1. The van der Waals surface area contributed by atoms with Crippen LogP contribution in [0.25, 0.3) is 0 Å². The van der Waals surface area contributed by atoms with Crippen molar-refractivity contribution in [3.8, 4) is 0 Å². The third-order valence-corrected chi connectivity index (χ3v) is 1.60. The molecule has 0 aromatic rings. The van der Waals surface area contributed by atoms with Gasteiger partial charge in [-0.05, 0) is 6.42 Å². The molecule has 0 aromatic heterocycles. The van der Waals surface area contributed by atoms with Crippen LogP contribution < -0.4 is 5.32 Å². The number of hydrogen-bond donors (Lipinski definition) is 1. The van der Waals surface area contributed by atoms with Crippen molar-refractivity contribution in [1.82, 2.24) is 10.2 Å². The van der Waals surface area contributed by atoms with Crippen LogP contribution in [0.5, 0.6) is 0 Å². The Morgan fingerprint density at radius 1 is 1.80 bits per heavy atom. The zero-order valence-corrected chi connectivity index (χ0v) is 6.55. The third-order valence-electron chi connectivity index (χ3n) is 1.60. The van der Waals surface area contributed by atoms with Gasteiger partial charge in [0.2, 0.25) is 5.91 Å². The van der Waals surface area contributed by atoms with E-state index in [4.69, 9.17) is 0 Å². The average Bonchev–Trinajstić information content (AvgIpc) is 2.47. The Morgan fingerprint density at radius 2 is 2.50 bits per heavy atom. The zero-order chi connectivity index (χ0) is 7.56. The Hall–Kier alpha value is -0.570. The summed E-state index contributed by atoms with van der Waals surface area (Å²) in [7, 11) is 0. The van der Waals surface area contributed by atoms with Gasteiger partial charge in [-0.2, -0.15) is 0 Å². The molecule has 0 aliphatic carbocycles. The summed E-state index contributed by atoms with van der Waals surface area (Å²) in [4.78, 5) is 12.7. The van der Waals surface area contributed by atoms with E-state index in [0.717, 1.165) is 19.5 Å². The number of amides is 1. The van der Waals surface area contributed by atoms with Crippen molar-refractivity contribution in [3.63, 3.8) is 0 Å². The summed E-state index contributed by atoms with van der Waals surface area (Å²) >= 11 is 0. The standard InChI is InChI=1S/C7H14N2O/c1-3-4-9-5-7(9)8-6(2)10/h7H,3-5H2,1-2H3,(H,8,10). The molecule has 1 rings (SSSR count). The van der Waals surface area contributed by atoms with Crippen LogP contribution in [0, 0.1) is 0 Å². The molecule has 1 aliphatic heterocycles. The maximum atomic E-state index is 10.5. The van der Waals surface area contributed by atoms with Crippen LogP contribution in [0.3, 0.4) is 0 Å². The number of nitrogens with one attached hydrogen (secondary N) is 1. The molecule has 0 aromatic carbocycles. The number of carbonyl (C=O) groups excluding carboxylic acids is 1. The molecule has 10 heavy (non-hydrogen) atoms. The molecular weight excluding hydrogens is 128 g/mol. The Morgan fingerprint density at radius 3 is 3.00 bits per heavy atom. The molecule has 1 saturated heterocycles. The van der Waals surface area contributed by atoms with Crippen molar-refractivity contribution in [2.24, 2.45) is 0 Å². The third kappa shape index (κ3) is 1.99. The number of rotatable bonds is 3. The molecule has 0 saturated carbocycles. The van der Waals surface area contributed by atoms with Gasteiger partial charge < -0.3 is 5.32 Å². The van der Waals surface area contributed by atoms with Gasteiger partial charge in [-0.15, -0.1) is 0 Å². The van der Waals surface area contributed by atoms with Gasteiger partial charge in [-0.25, -0.2) is 0 Å². The molecule has 1 heterocycles. The second kappa shape index (κ2) is 3.01. The maximum Gasteiger partial charge on any atom is 0.218 e. The number of nitrogens with zero attached hydrogens (tertiary/aromatic N) is 1. The van der Waals surface area contributed by atoms with Crippen molar-refractivity contribution in [1.29, 1.82) is 0 Å². The van der Waals surface area contributed by atoms with Gasteiger partial charge in [-0.3, -0.25) is 9.69 Å². The van der Waals surface area contributed by atoms with Gasteiger partial charge in [-0.1, -0.05) is 6.92 Å². The fraction of sp³-hybridized carbons (Fsp3) is 0.857. The van der Waals surface area contributed by atoms with Crippen LogP contribution in [0.1, 0.15) is 20.3 Å². The Bertz CT molecular complexity index is 136. The average molecular weight is 142 g/mol. The van der Waals surface area contributed by atoms with Crippen LogP contribution in [0.15, 0.2) is 0 Å². The van der Waals surface area contributed by atoms with Crippen molar-refractivity contribution in [2.45, 2.75) is 26.4 Å². The van der Waals surface area contributed by atoms with Crippen LogP contribution in [0.4, 0.5) is 0 Å². The monoisotopic (exact) mass is 142 g/mol. The first-order chi connectivity index (χ1) is 4.74. The van der Waals surface area contributed by atoms with Crippen molar-refractivity contribution in [2.75, 3.05) is 13.1 Å². The molecule has 3 heteroatoms. The molecule has 58 valence electrons. The van der Waals surface area contributed by atoms with Gasteiger partial charge in [0.05, 0.1) is 6.17 Å². The molecule has 2 unspecified atom stereocenters. The van der Waals surface area contributed by atoms with E-state index in [-0.39, 0.29) is 5.91 Å². The Kier molecular flexibility index (Phi) is 2.27. The molecule has 1 aliphatic rings. The van der Waals surface area contributed by atoms with Crippen LogP contribution in [0.2, 0.25) is 0 Å². The zero-order valence-electron chi connectivity index (χ0n) is 6.55. The summed E-state index contributed by atoms with van der Waals surface area (Å²) in [6, 6.07) is 0. The minimum absolute atomic E-state index is 0.0728. The van der Waals surface area contributed by atoms with Gasteiger partial charge in [0.1, 0.15) is 0 Å². The van der Waals surface area contributed by atoms with Gasteiger partial charge >= 0.3 is 0 Å². The second-order valence-electron chi connectivity index (χ2n) is 2.71. The van der Waals surface area contributed by atoms with Gasteiger partial charge in [0.15, 0.2) is 0 Å². The fourth-order valence-electron chi connectivity index (χ4n) is 1.08. The molecular formula is C7H14N2O. The topological polar surface area (TPSA) is 32.1 Å². The van der Waals surface area contributed by atoms with Crippen molar-refractivity contribution in [3.05, 3.63) is 0 Å². The summed E-state index contributed by atoms with van der Waals surface area (Å²) in [5.74, 6) is 0.0728. The predicted octanol–water partition coefficient (Wildman–Crippen LogP) is 0.174. The molecule has 3 nitrogen and oxygen atoms in total. The van der Waals surface area contributed by atoms with Gasteiger partial charge in [0, 0.05) is 20.0 Å². The first-order valence-corrected chi connectivity index (χ1v) is 3.75. The first kappa shape index (κ1) is 7.54. The van der Waals surface area contributed by atoms with E-state index >= 15 is 0 Å². The molecule has 1 amide bonds. The summed E-state index contributed by atoms with van der Waals surface area (Å²) in [6.45, 7) is 5.84. The van der Waals surface area contributed by atoms with E-state index in [1.54, 1.807) is 6.92 Å². The van der Waals surface area contributed by atoms with Gasteiger partial charge in [0.25, 0.3) is 0 Å². The lowest BCUT2D eigenvalue weighted by Crippen LogP contribution is -2.26. The predicted molar refractivity (Wildman–Crippen MR) is 39.5 cm³/mol. The van der Waals surface area contributed by atoms with E-state index in [9.17, 15) is 4.79 Å². The summed E-state index contributed by atoms with van der Waals surface area (Å²) in [6.07, 6.45) is 1.51. The lowest BCUT2D eigenvalue weighted by molar-refractivity contribution is -0.119. The summed E-state index contributed by atoms with van der Waals surface area (Å²) in [5.41, 5.74) is 0. The minimum Gasteiger partial charge on any atom is -0.340 e. The van der Waals surface area contributed by atoms with E-state index in [2.05, 4.69) is 17.1 Å². The van der Waals surface area contributed by atoms with Crippen LogP contribution >= 0.6 is 0 Å². The first-order valence-electron chi connectivity index (χ1n) is 3.75. The second-order valence-corrected chi connectivity index (χ2v) is 2.71. The van der Waals surface area contributed by atoms with Crippen molar-refractivity contribution < 1.29 is 4.79 Å². The van der Waals surface area contributed by atoms with Crippen molar-refractivity contribution >= 4 is 5.91 Å². The quantitative estimate of drug-likeness (QED) is 0.570. The molecule has 0 spiro atoms. The van der Waals surface area contributed by atoms with E-state index in [1.165, 1.54) is 0 Å². The molecule has 1 N–H and O–H groups in total. The SMILES string of the molecule is CCCN1CC1NC(C)=O. The van der Waals surface area contributed by atoms with E-state index < -0.39 is 0 Å². The normalized spacial score (nSPS) is 29.8. The number of hydrogen-bond acceptors (Lipinski definition) is 2. The summed E-state index contributed by atoms with van der Waals surface area (Å²) in [5, 5.41) is 2.84. The maximum absolute atomic E-state index is 10.5. The molecule has 0 bridgehead atoms. The van der Waals surface area contributed by atoms with E-state index in [1.807, 2.05) is 0 Å². The molecule has 0 radical (unpaired) electrons. The minimum atomic E-state index is 0.0728. The Labute approximate surface area is 61.4 Å². The highest BCUT2D eigenvalue weighted by atomic mass is 16.1. The van der Waals surface area contributed by atoms with E-state index in [0.29, 0.717) is 6.17 Å². The summed E-state index contributed by atoms with van der Waals surface area (Å²) < 4.78 is 0. The Balaban J connectivity index is 2.07. The van der Waals surface area contributed by atoms with Crippen LogP contribution in [-0.2, 0) is 4.79 Å². The fourth-order valence-corrected chi connectivity index (χ4v) is 1.08. The molecule has 2 atom stereocenters. The highest BCUT2D eigenvalue weighted by molar-refractivity contribution is 5.73. The lowest BCUT2D eigenvalue weighted by atomic mass is 10.5. The van der Waals surface area contributed by atoms with Crippen LogP contribution in [-0.4, -0.2) is 30.1 Å². The highest BCUT2D eigenvalue weighted by Gasteiger charge is 2.32. The molecule has 1 fully saturated rings. The smallest absolute Gasteiger partial charge is 0.218 e. The highest BCUT2D eigenvalue weighted by Crippen LogP contribution is 2.13. The lowest BCUT2D eigenvalue weighted by Gasteiger charge is -2.00. The largest absolute Gasteiger partial charge is 0.340 e.